The molecule has 9 unspecified atom stereocenters. The third kappa shape index (κ3) is 8.78. The highest BCUT2D eigenvalue weighted by atomic mass is 28.4. The third-order valence-electron chi connectivity index (χ3n) is 10.3. The van der Waals surface area contributed by atoms with Crippen LogP contribution in [0.3, 0.4) is 0 Å². The van der Waals surface area contributed by atoms with Gasteiger partial charge >= 0.3 is 9.05 Å². The normalized spacial score (nSPS) is 38.6. The van der Waals surface area contributed by atoms with E-state index in [2.05, 4.69) is 69.2 Å². The average molecular weight is 553 g/mol. The summed E-state index contributed by atoms with van der Waals surface area (Å²) in [4.78, 5) is 0. The van der Waals surface area contributed by atoms with Gasteiger partial charge in [-0.3, -0.25) is 0 Å². The van der Waals surface area contributed by atoms with E-state index < -0.39 is 9.05 Å². The topological polar surface area (TPSA) is 36.9 Å². The van der Waals surface area contributed by atoms with Gasteiger partial charge in [0, 0.05) is 6.61 Å². The van der Waals surface area contributed by atoms with E-state index in [0.717, 1.165) is 25.7 Å². The van der Waals surface area contributed by atoms with Gasteiger partial charge in [0.1, 0.15) is 0 Å². The van der Waals surface area contributed by atoms with Crippen molar-refractivity contribution in [3.63, 3.8) is 0 Å². The van der Waals surface area contributed by atoms with Crippen LogP contribution in [-0.4, -0.2) is 34.0 Å². The lowest BCUT2D eigenvalue weighted by atomic mass is 9.75. The Morgan fingerprint density at radius 1 is 0.553 bits per heavy atom. The lowest BCUT2D eigenvalue weighted by Gasteiger charge is -2.47. The zero-order valence-electron chi connectivity index (χ0n) is 26.8. The maximum absolute atomic E-state index is 7.33. The average Bonchev–Trinajstić information content (AvgIpc) is 2.82. The molecule has 0 amide bonds. The summed E-state index contributed by atoms with van der Waals surface area (Å²) in [6.07, 6.45) is 12.2. The van der Waals surface area contributed by atoms with Crippen molar-refractivity contribution in [2.45, 2.75) is 152 Å². The predicted molar refractivity (Wildman–Crippen MR) is 161 cm³/mol. The molecule has 9 atom stereocenters. The van der Waals surface area contributed by atoms with Crippen LogP contribution in [0.1, 0.15) is 133 Å². The minimum Gasteiger partial charge on any atom is -0.351 e. The molecular formula is C33H64O4Si. The molecule has 5 heteroatoms. The minimum absolute atomic E-state index is 0.152. The molecule has 3 saturated carbocycles. The Morgan fingerprint density at radius 3 is 1.13 bits per heavy atom. The Morgan fingerprint density at radius 2 is 0.868 bits per heavy atom. The molecule has 0 N–H and O–H groups in total. The summed E-state index contributed by atoms with van der Waals surface area (Å²) in [7, 11) is -3.43. The fraction of sp³-hybridized carbons (Fsp3) is 1.00. The molecule has 0 aromatic carbocycles. The highest BCUT2D eigenvalue weighted by molar-refractivity contribution is 6.53. The summed E-state index contributed by atoms with van der Waals surface area (Å²) in [5.41, 5.74) is 0. The first-order chi connectivity index (χ1) is 17.9. The number of hydrogen-bond acceptors (Lipinski definition) is 4. The molecule has 0 aromatic heterocycles. The van der Waals surface area contributed by atoms with Crippen molar-refractivity contribution < 1.29 is 17.7 Å². The van der Waals surface area contributed by atoms with Crippen LogP contribution in [0, 0.1) is 53.3 Å². The molecule has 0 spiro atoms. The molecule has 3 fully saturated rings. The molecule has 0 radical (unpaired) electrons. The smallest absolute Gasteiger partial charge is 0.351 e. The van der Waals surface area contributed by atoms with Gasteiger partial charge in [0.05, 0.1) is 18.3 Å². The Kier molecular flexibility index (Phi) is 12.7. The van der Waals surface area contributed by atoms with Gasteiger partial charge in [-0.25, -0.2) is 0 Å². The molecule has 3 rings (SSSR count). The summed E-state index contributed by atoms with van der Waals surface area (Å²) in [6, 6.07) is 0. The largest absolute Gasteiger partial charge is 0.680 e. The highest BCUT2D eigenvalue weighted by Crippen LogP contribution is 2.43. The second kappa shape index (κ2) is 14.8. The predicted octanol–water partition coefficient (Wildman–Crippen LogP) is 9.28. The third-order valence-corrected chi connectivity index (χ3v) is 12.6. The Labute approximate surface area is 238 Å². The molecular weight excluding hydrogens is 488 g/mol. The molecule has 0 aromatic rings. The first kappa shape index (κ1) is 32.6. The van der Waals surface area contributed by atoms with Crippen LogP contribution in [0.25, 0.3) is 0 Å². The van der Waals surface area contributed by atoms with Crippen LogP contribution in [0.15, 0.2) is 0 Å². The molecule has 4 nitrogen and oxygen atoms in total. The SMILES string of the molecule is CCCO[Si](OC1CC(C)CCC1C(C)C)(OC1CC(C)CCC1C(C)C)OC1CC(C)CCC1C(C)C. The fourth-order valence-electron chi connectivity index (χ4n) is 7.72. The summed E-state index contributed by atoms with van der Waals surface area (Å²) in [5, 5.41) is 0. The van der Waals surface area contributed by atoms with Gasteiger partial charge in [-0.2, -0.15) is 0 Å². The van der Waals surface area contributed by atoms with E-state index in [9.17, 15) is 0 Å². The first-order valence-electron chi connectivity index (χ1n) is 16.6. The molecule has 0 bridgehead atoms. The molecule has 38 heavy (non-hydrogen) atoms. The molecule has 3 aliphatic carbocycles. The maximum Gasteiger partial charge on any atom is 0.680 e. The van der Waals surface area contributed by atoms with Crippen LogP contribution in [-0.2, 0) is 17.7 Å². The first-order valence-corrected chi connectivity index (χ1v) is 18.2. The lowest BCUT2D eigenvalue weighted by molar-refractivity contribution is -0.143. The van der Waals surface area contributed by atoms with Crippen LogP contribution >= 0.6 is 0 Å². The zero-order chi connectivity index (χ0) is 28.0. The molecule has 0 aliphatic heterocycles. The monoisotopic (exact) mass is 552 g/mol. The van der Waals surface area contributed by atoms with E-state index in [1.165, 1.54) is 38.5 Å². The summed E-state index contributed by atoms with van der Waals surface area (Å²) < 4.78 is 28.8. The van der Waals surface area contributed by atoms with Crippen LogP contribution in [0.5, 0.6) is 0 Å². The maximum atomic E-state index is 7.33. The Hall–Kier alpha value is 0.0569. The standard InChI is InChI=1S/C33H64O4Si/c1-11-18-34-38(35-31-19-25(8)12-15-28(31)22(2)3,36-32-20-26(9)13-16-29(32)23(4)5)37-33-21-27(10)14-17-30(33)24(6)7/h22-33H,11-21H2,1-10H3. The Balaban J connectivity index is 2.00. The molecule has 0 saturated heterocycles. The zero-order valence-corrected chi connectivity index (χ0v) is 27.8. The van der Waals surface area contributed by atoms with Crippen LogP contribution in [0.4, 0.5) is 0 Å². The van der Waals surface area contributed by atoms with Crippen molar-refractivity contribution in [2.75, 3.05) is 6.61 Å². The highest BCUT2D eigenvalue weighted by Gasteiger charge is 2.55. The van der Waals surface area contributed by atoms with Gasteiger partial charge in [-0.15, -0.1) is 0 Å². The van der Waals surface area contributed by atoms with Crippen LogP contribution in [0.2, 0.25) is 0 Å². The van der Waals surface area contributed by atoms with Crippen molar-refractivity contribution in [3.05, 3.63) is 0 Å². The fourth-order valence-corrected chi connectivity index (χ4v) is 10.5. The van der Waals surface area contributed by atoms with Crippen molar-refractivity contribution in [1.29, 1.82) is 0 Å². The lowest BCUT2D eigenvalue weighted by Crippen LogP contribution is -2.60. The Bertz CT molecular complexity index is 598. The van der Waals surface area contributed by atoms with Gasteiger partial charge in [0.25, 0.3) is 0 Å². The van der Waals surface area contributed by atoms with Gasteiger partial charge in [0.15, 0.2) is 0 Å². The van der Waals surface area contributed by atoms with Crippen LogP contribution < -0.4 is 0 Å². The quantitative estimate of drug-likeness (QED) is 0.226. The van der Waals surface area contributed by atoms with Crippen molar-refractivity contribution in [3.8, 4) is 0 Å². The van der Waals surface area contributed by atoms with E-state index in [1.807, 2.05) is 0 Å². The number of rotatable bonds is 12. The minimum atomic E-state index is -3.43. The molecule has 0 heterocycles. The van der Waals surface area contributed by atoms with Crippen molar-refractivity contribution >= 4 is 9.05 Å². The van der Waals surface area contributed by atoms with E-state index in [1.54, 1.807) is 0 Å². The van der Waals surface area contributed by atoms with Gasteiger partial charge in [0.2, 0.25) is 0 Å². The van der Waals surface area contributed by atoms with E-state index in [0.29, 0.717) is 59.9 Å². The second-order valence-electron chi connectivity index (χ2n) is 14.8. The van der Waals surface area contributed by atoms with Crippen molar-refractivity contribution in [1.82, 2.24) is 0 Å². The van der Waals surface area contributed by atoms with Gasteiger partial charge in [-0.1, -0.05) is 88.5 Å². The van der Waals surface area contributed by atoms with E-state index >= 15 is 0 Å². The van der Waals surface area contributed by atoms with E-state index in [-0.39, 0.29) is 18.3 Å². The number of hydrogen-bond donors (Lipinski definition) is 0. The molecule has 3 aliphatic rings. The van der Waals surface area contributed by atoms with Gasteiger partial charge in [-0.05, 0) is 98.2 Å². The molecule has 224 valence electrons. The van der Waals surface area contributed by atoms with E-state index in [4.69, 9.17) is 17.7 Å². The summed E-state index contributed by atoms with van der Waals surface area (Å²) in [6.45, 7) is 24.2. The summed E-state index contributed by atoms with van der Waals surface area (Å²) >= 11 is 0. The van der Waals surface area contributed by atoms with Gasteiger partial charge < -0.3 is 17.7 Å². The summed E-state index contributed by atoms with van der Waals surface area (Å²) in [5.74, 6) is 5.37. The van der Waals surface area contributed by atoms with Crippen molar-refractivity contribution in [2.24, 2.45) is 53.3 Å². The second-order valence-corrected chi connectivity index (χ2v) is 16.8.